The maximum absolute atomic E-state index is 2.44. The van der Waals surface area contributed by atoms with Crippen molar-refractivity contribution in [1.29, 1.82) is 0 Å². The Labute approximate surface area is 151 Å². The van der Waals surface area contributed by atoms with Gasteiger partial charge >= 0.3 is 0 Å². The van der Waals surface area contributed by atoms with E-state index in [0.717, 1.165) is 0 Å². The van der Waals surface area contributed by atoms with E-state index >= 15 is 0 Å². The second kappa shape index (κ2) is 8.81. The minimum absolute atomic E-state index is 1.22. The fraction of sp³-hybridized carbons (Fsp3) is 0.400. The van der Waals surface area contributed by atoms with Gasteiger partial charge in [-0.25, -0.2) is 0 Å². The van der Waals surface area contributed by atoms with Gasteiger partial charge in [-0.3, -0.25) is 0 Å². The molecular formula is C20H24S3. The van der Waals surface area contributed by atoms with E-state index in [4.69, 9.17) is 0 Å². The fourth-order valence-electron chi connectivity index (χ4n) is 2.87. The molecule has 0 atom stereocenters. The van der Waals surface area contributed by atoms with Crippen molar-refractivity contribution < 1.29 is 0 Å². The van der Waals surface area contributed by atoms with E-state index in [1.165, 1.54) is 64.5 Å². The lowest BCUT2D eigenvalue weighted by Crippen LogP contribution is -1.86. The summed E-state index contributed by atoms with van der Waals surface area (Å²) in [5.74, 6) is 0. The summed E-state index contributed by atoms with van der Waals surface area (Å²) in [6.07, 6.45) is 9.43. The molecule has 0 spiro atoms. The molecule has 0 unspecified atom stereocenters. The highest BCUT2D eigenvalue weighted by Gasteiger charge is 2.13. The van der Waals surface area contributed by atoms with Crippen molar-refractivity contribution in [3.63, 3.8) is 0 Å². The molecule has 0 aliphatic rings. The Morgan fingerprint density at radius 2 is 1.48 bits per heavy atom. The molecule has 3 aromatic rings. The summed E-state index contributed by atoms with van der Waals surface area (Å²) in [7, 11) is 0. The summed E-state index contributed by atoms with van der Waals surface area (Å²) < 4.78 is 0. The second-order valence-electron chi connectivity index (χ2n) is 5.94. The highest BCUT2D eigenvalue weighted by atomic mass is 32.1. The lowest BCUT2D eigenvalue weighted by atomic mass is 10.0. The van der Waals surface area contributed by atoms with Crippen LogP contribution in [0.5, 0.6) is 0 Å². The molecule has 3 heteroatoms. The van der Waals surface area contributed by atoms with Crippen LogP contribution < -0.4 is 0 Å². The van der Waals surface area contributed by atoms with Gasteiger partial charge in [-0.15, -0.1) is 34.0 Å². The Balaban J connectivity index is 1.70. The van der Waals surface area contributed by atoms with Crippen LogP contribution in [0.3, 0.4) is 0 Å². The van der Waals surface area contributed by atoms with E-state index in [-0.39, 0.29) is 0 Å². The standard InChI is InChI=1S/C20H24S3/c1-2-3-4-5-6-7-10-16-15-19(17-11-8-13-21-17)23-20(16)18-12-9-14-22-18/h8-9,11-15H,2-7,10H2,1H3. The minimum Gasteiger partial charge on any atom is -0.143 e. The molecule has 122 valence electrons. The molecule has 23 heavy (non-hydrogen) atoms. The molecule has 0 nitrogen and oxygen atoms in total. The number of hydrogen-bond donors (Lipinski definition) is 0. The Morgan fingerprint density at radius 3 is 2.17 bits per heavy atom. The van der Waals surface area contributed by atoms with Gasteiger partial charge in [0, 0.05) is 19.5 Å². The third-order valence-corrected chi connectivity index (χ3v) is 7.41. The van der Waals surface area contributed by atoms with Crippen LogP contribution >= 0.6 is 34.0 Å². The van der Waals surface area contributed by atoms with Gasteiger partial charge in [-0.05, 0) is 47.4 Å². The van der Waals surface area contributed by atoms with Crippen molar-refractivity contribution in [1.82, 2.24) is 0 Å². The number of thiophene rings is 3. The largest absolute Gasteiger partial charge is 0.143 e. The molecule has 0 bridgehead atoms. The molecule has 0 aliphatic carbocycles. The first kappa shape index (κ1) is 16.9. The first-order valence-electron chi connectivity index (χ1n) is 8.59. The molecule has 0 amide bonds. The Kier molecular flexibility index (Phi) is 6.49. The lowest BCUT2D eigenvalue weighted by Gasteiger charge is -2.02. The first-order valence-corrected chi connectivity index (χ1v) is 11.2. The van der Waals surface area contributed by atoms with Gasteiger partial charge in [0.25, 0.3) is 0 Å². The predicted molar refractivity (Wildman–Crippen MR) is 108 cm³/mol. The Hall–Kier alpha value is -0.900. The molecule has 0 saturated heterocycles. The summed E-state index contributed by atoms with van der Waals surface area (Å²) in [4.78, 5) is 5.77. The monoisotopic (exact) mass is 360 g/mol. The summed E-state index contributed by atoms with van der Waals surface area (Å²) >= 11 is 5.68. The Morgan fingerprint density at radius 1 is 0.783 bits per heavy atom. The van der Waals surface area contributed by atoms with E-state index in [2.05, 4.69) is 48.0 Å². The van der Waals surface area contributed by atoms with Gasteiger partial charge in [0.15, 0.2) is 0 Å². The van der Waals surface area contributed by atoms with Crippen LogP contribution in [0.4, 0.5) is 0 Å². The van der Waals surface area contributed by atoms with Crippen LogP contribution in [0, 0.1) is 0 Å². The van der Waals surface area contributed by atoms with Crippen LogP contribution in [0.25, 0.3) is 19.5 Å². The van der Waals surface area contributed by atoms with E-state index in [1.807, 2.05) is 34.0 Å². The number of unbranched alkanes of at least 4 members (excludes halogenated alkanes) is 5. The van der Waals surface area contributed by atoms with Crippen LogP contribution in [-0.2, 0) is 6.42 Å². The van der Waals surface area contributed by atoms with Crippen LogP contribution in [0.1, 0.15) is 51.0 Å². The number of hydrogen-bond acceptors (Lipinski definition) is 3. The smallest absolute Gasteiger partial charge is 0.0481 e. The zero-order valence-electron chi connectivity index (χ0n) is 13.7. The van der Waals surface area contributed by atoms with E-state index < -0.39 is 0 Å². The van der Waals surface area contributed by atoms with Crippen LogP contribution in [0.15, 0.2) is 41.1 Å². The third kappa shape index (κ3) is 4.56. The summed E-state index contributed by atoms with van der Waals surface area (Å²) in [5.41, 5.74) is 1.55. The maximum Gasteiger partial charge on any atom is 0.0481 e. The van der Waals surface area contributed by atoms with Crippen LogP contribution in [-0.4, -0.2) is 0 Å². The molecule has 3 heterocycles. The molecule has 0 saturated carbocycles. The number of rotatable bonds is 9. The molecule has 3 aromatic heterocycles. The van der Waals surface area contributed by atoms with Gasteiger partial charge in [-0.1, -0.05) is 51.2 Å². The van der Waals surface area contributed by atoms with Gasteiger partial charge in [-0.2, -0.15) is 0 Å². The maximum atomic E-state index is 2.44. The van der Waals surface area contributed by atoms with Crippen molar-refractivity contribution in [3.8, 4) is 19.5 Å². The predicted octanol–water partition coefficient (Wildman–Crippen LogP) is 8.11. The summed E-state index contributed by atoms with van der Waals surface area (Å²) in [6.45, 7) is 2.28. The zero-order chi connectivity index (χ0) is 15.9. The van der Waals surface area contributed by atoms with Crippen molar-refractivity contribution in [2.75, 3.05) is 0 Å². The third-order valence-electron chi connectivity index (χ3n) is 4.12. The first-order chi connectivity index (χ1) is 11.4. The van der Waals surface area contributed by atoms with Crippen molar-refractivity contribution in [3.05, 3.63) is 46.7 Å². The van der Waals surface area contributed by atoms with Crippen molar-refractivity contribution in [2.24, 2.45) is 0 Å². The highest BCUT2D eigenvalue weighted by molar-refractivity contribution is 7.26. The molecule has 0 radical (unpaired) electrons. The Bertz CT molecular complexity index is 675. The van der Waals surface area contributed by atoms with E-state index in [9.17, 15) is 0 Å². The normalized spacial score (nSPS) is 11.2. The van der Waals surface area contributed by atoms with Gasteiger partial charge in [0.1, 0.15) is 0 Å². The van der Waals surface area contributed by atoms with Crippen LogP contribution in [0.2, 0.25) is 0 Å². The van der Waals surface area contributed by atoms with Gasteiger partial charge in [0.05, 0.1) is 0 Å². The van der Waals surface area contributed by atoms with E-state index in [0.29, 0.717) is 0 Å². The molecule has 0 aromatic carbocycles. The van der Waals surface area contributed by atoms with Gasteiger partial charge in [0.2, 0.25) is 0 Å². The number of aryl methyl sites for hydroxylation is 1. The second-order valence-corrected chi connectivity index (χ2v) is 8.88. The molecular weight excluding hydrogens is 336 g/mol. The van der Waals surface area contributed by atoms with Crippen molar-refractivity contribution >= 4 is 34.0 Å². The SMILES string of the molecule is CCCCCCCCc1cc(-c2cccs2)sc1-c1cccs1. The zero-order valence-corrected chi connectivity index (χ0v) is 16.2. The summed E-state index contributed by atoms with van der Waals surface area (Å²) in [5, 5.41) is 4.36. The van der Waals surface area contributed by atoms with Gasteiger partial charge < -0.3 is 0 Å². The summed E-state index contributed by atoms with van der Waals surface area (Å²) in [6, 6.07) is 11.3. The minimum atomic E-state index is 1.22. The van der Waals surface area contributed by atoms with Crippen molar-refractivity contribution in [2.45, 2.75) is 51.9 Å². The highest BCUT2D eigenvalue weighted by Crippen LogP contribution is 2.41. The lowest BCUT2D eigenvalue weighted by molar-refractivity contribution is 0.608. The van der Waals surface area contributed by atoms with E-state index in [1.54, 1.807) is 5.56 Å². The average molecular weight is 361 g/mol. The fourth-order valence-corrected chi connectivity index (χ4v) is 5.79. The molecule has 0 fully saturated rings. The molecule has 0 aliphatic heterocycles. The molecule has 0 N–H and O–H groups in total. The topological polar surface area (TPSA) is 0 Å². The quantitative estimate of drug-likeness (QED) is 0.338. The molecule has 3 rings (SSSR count). The average Bonchev–Trinajstić information content (AvgIpc) is 3.31.